The highest BCUT2D eigenvalue weighted by molar-refractivity contribution is 5.92. The monoisotopic (exact) mass is 1100 g/mol. The third-order valence-corrected chi connectivity index (χ3v) is 19.9. The van der Waals surface area contributed by atoms with Crippen LogP contribution in [-0.4, -0.2) is 0 Å². The summed E-state index contributed by atoms with van der Waals surface area (Å²) in [5.41, 5.74) is 34.2. The van der Waals surface area contributed by atoms with Gasteiger partial charge in [0, 0.05) is 50.7 Å². The largest absolute Gasteiger partial charge is 0.311 e. The zero-order valence-corrected chi connectivity index (χ0v) is 51.8. The molecule has 0 saturated heterocycles. The molecule has 1 unspecified atom stereocenters. The number of benzene rings is 10. The van der Waals surface area contributed by atoms with Crippen LogP contribution in [-0.2, 0) is 16.2 Å². The Morgan fingerprint density at radius 3 is 1.52 bits per heavy atom. The van der Waals surface area contributed by atoms with Crippen LogP contribution in [0.3, 0.4) is 0 Å². The molecule has 0 amide bonds. The maximum Gasteiger partial charge on any atom is 0.0736 e. The molecule has 3 heteroatoms. The maximum absolute atomic E-state index is 5.29. The number of hydrogen-bond acceptors (Lipinski definition) is 3. The lowest BCUT2D eigenvalue weighted by Gasteiger charge is -2.47. The number of hydrogen-bond donors (Lipinski definition) is 0. The van der Waals surface area contributed by atoms with Crippen LogP contribution >= 0.6 is 0 Å². The summed E-state index contributed by atoms with van der Waals surface area (Å²) in [6, 6.07) is 75.8. The van der Waals surface area contributed by atoms with Gasteiger partial charge in [0.05, 0.1) is 16.8 Å². The van der Waals surface area contributed by atoms with E-state index in [9.17, 15) is 0 Å². The van der Waals surface area contributed by atoms with Crippen LogP contribution in [0.2, 0.25) is 0 Å². The predicted molar refractivity (Wildman–Crippen MR) is 362 cm³/mol. The van der Waals surface area contributed by atoms with Gasteiger partial charge in [0.1, 0.15) is 0 Å². The Labute approximate surface area is 505 Å². The van der Waals surface area contributed by atoms with Crippen molar-refractivity contribution < 1.29 is 0 Å². The zero-order chi connectivity index (χ0) is 59.4. The maximum atomic E-state index is 5.29. The van der Waals surface area contributed by atoms with Gasteiger partial charge < -0.3 is 14.7 Å². The standard InChI is InChI=1S/C82H77N3/c1-15-61(83(76-46-31-53(4)56(7)58(76)9)64-41-43-68-66-22-16-18-24-70(66)80(11,12)73(68)49-64)38-33-55(6)82(72-26-20-21-27-78(72)85(63-36-28-51(2)29-37-63)79-45-30-52(3)48-75(79)82)60-34-39-62(40-35-60)84(77-47-32-54(5)57(8)59(77)10)65-42-44-69-67-23-17-19-25-71(67)81(13,14)74(69)50-65/h15-50H,6H2,1-5,7-14H3/b38-33-,61-15+. The average molecular weight is 1100 g/mol. The molecule has 0 spiro atoms. The summed E-state index contributed by atoms with van der Waals surface area (Å²) in [7, 11) is 0. The van der Waals surface area contributed by atoms with Gasteiger partial charge in [-0.2, -0.15) is 0 Å². The van der Waals surface area contributed by atoms with Gasteiger partial charge >= 0.3 is 0 Å². The summed E-state index contributed by atoms with van der Waals surface area (Å²) in [6.07, 6.45) is 6.91. The van der Waals surface area contributed by atoms with Gasteiger partial charge in [-0.05, 0) is 241 Å². The minimum atomic E-state index is -0.845. The second-order valence-corrected chi connectivity index (χ2v) is 25.4. The average Bonchev–Trinajstić information content (AvgIpc) is 3.14. The summed E-state index contributed by atoms with van der Waals surface area (Å²) in [5, 5.41) is 0. The third-order valence-electron chi connectivity index (χ3n) is 19.9. The van der Waals surface area contributed by atoms with Crippen molar-refractivity contribution in [3.63, 3.8) is 0 Å². The zero-order valence-electron chi connectivity index (χ0n) is 51.8. The van der Waals surface area contributed by atoms with E-state index in [2.05, 4.69) is 323 Å². The van der Waals surface area contributed by atoms with E-state index in [0.717, 1.165) is 56.6 Å². The lowest BCUT2D eigenvalue weighted by molar-refractivity contribution is 0.660. The molecule has 13 rings (SSSR count). The van der Waals surface area contributed by atoms with Gasteiger partial charge in [0.15, 0.2) is 0 Å². The Morgan fingerprint density at radius 1 is 0.412 bits per heavy atom. The molecule has 1 aliphatic heterocycles. The SMILES string of the molecule is C=C(/C=C\C(=C/C)N(c1ccc2c(c1)C(C)(C)c1ccccc1-2)c1ccc(C)c(C)c1C)C1(c2ccc(N(c3ccc4c(c3)C(C)(C)c3ccccc3-4)c3ccc(C)c(C)c3C)cc2)c2ccccc2N(c2ccc(C)cc2)c2ccc(C)cc21. The smallest absolute Gasteiger partial charge is 0.0736 e. The minimum absolute atomic E-state index is 0.158. The van der Waals surface area contributed by atoms with Crippen LogP contribution in [0.5, 0.6) is 0 Å². The molecule has 0 N–H and O–H groups in total. The highest BCUT2D eigenvalue weighted by Crippen LogP contribution is 2.59. The van der Waals surface area contributed by atoms with Crippen LogP contribution in [0.15, 0.2) is 236 Å². The summed E-state index contributed by atoms with van der Waals surface area (Å²) >= 11 is 0. The molecular weight excluding hydrogens is 1030 g/mol. The molecule has 0 fully saturated rings. The lowest BCUT2D eigenvalue weighted by Crippen LogP contribution is -2.38. The van der Waals surface area contributed by atoms with Crippen molar-refractivity contribution >= 4 is 45.5 Å². The van der Waals surface area contributed by atoms with Crippen molar-refractivity contribution in [3.8, 4) is 22.3 Å². The van der Waals surface area contributed by atoms with E-state index in [0.29, 0.717) is 0 Å². The number of allylic oxidation sites excluding steroid dienone is 4. The Morgan fingerprint density at radius 2 is 0.906 bits per heavy atom. The number of para-hydroxylation sites is 1. The number of anilines is 8. The predicted octanol–water partition coefficient (Wildman–Crippen LogP) is 22.2. The first kappa shape index (κ1) is 55.0. The highest BCUT2D eigenvalue weighted by Gasteiger charge is 2.47. The molecule has 2 aliphatic carbocycles. The first-order chi connectivity index (χ1) is 40.9. The van der Waals surface area contributed by atoms with Crippen molar-refractivity contribution in [3.05, 3.63) is 320 Å². The van der Waals surface area contributed by atoms with Crippen LogP contribution in [0.25, 0.3) is 22.3 Å². The van der Waals surface area contributed by atoms with E-state index in [4.69, 9.17) is 6.58 Å². The molecule has 3 nitrogen and oxygen atoms in total. The molecule has 0 radical (unpaired) electrons. The van der Waals surface area contributed by atoms with Gasteiger partial charge in [0.2, 0.25) is 0 Å². The van der Waals surface area contributed by atoms with Crippen molar-refractivity contribution in [1.29, 1.82) is 0 Å². The number of rotatable bonds is 11. The van der Waals surface area contributed by atoms with Crippen molar-refractivity contribution in [2.45, 2.75) is 106 Å². The molecule has 1 heterocycles. The lowest BCUT2D eigenvalue weighted by atomic mass is 9.62. The normalized spacial score (nSPS) is 15.9. The topological polar surface area (TPSA) is 9.72 Å². The van der Waals surface area contributed by atoms with Crippen LogP contribution in [0.4, 0.5) is 45.5 Å². The van der Waals surface area contributed by atoms with Gasteiger partial charge in [-0.3, -0.25) is 0 Å². The van der Waals surface area contributed by atoms with E-state index >= 15 is 0 Å². The van der Waals surface area contributed by atoms with Gasteiger partial charge in [0.25, 0.3) is 0 Å². The van der Waals surface area contributed by atoms with Gasteiger partial charge in [-0.25, -0.2) is 0 Å². The summed E-state index contributed by atoms with van der Waals surface area (Å²) in [4.78, 5) is 7.42. The molecule has 10 aromatic rings. The first-order valence-electron chi connectivity index (χ1n) is 30.3. The van der Waals surface area contributed by atoms with Crippen molar-refractivity contribution in [2.75, 3.05) is 14.7 Å². The van der Waals surface area contributed by atoms with Crippen LogP contribution < -0.4 is 14.7 Å². The quantitative estimate of drug-likeness (QED) is 0.120. The first-order valence-corrected chi connectivity index (χ1v) is 30.3. The second kappa shape index (κ2) is 20.6. The van der Waals surface area contributed by atoms with Gasteiger partial charge in [-0.1, -0.05) is 185 Å². The van der Waals surface area contributed by atoms with E-state index in [1.165, 1.54) is 106 Å². The van der Waals surface area contributed by atoms with E-state index in [-0.39, 0.29) is 10.8 Å². The molecule has 0 saturated carbocycles. The Kier molecular flexibility index (Phi) is 13.3. The summed E-state index contributed by atoms with van der Waals surface area (Å²) in [6.45, 7) is 34.8. The van der Waals surface area contributed by atoms with Crippen LogP contribution in [0, 0.1) is 55.4 Å². The number of fused-ring (bicyclic) bond motifs is 8. The molecular formula is C82H77N3. The second-order valence-electron chi connectivity index (χ2n) is 25.4. The molecule has 420 valence electrons. The van der Waals surface area contributed by atoms with Crippen LogP contribution in [0.1, 0.15) is 118 Å². The summed E-state index contributed by atoms with van der Waals surface area (Å²) in [5.74, 6) is 0. The molecule has 1 atom stereocenters. The fraction of sp³-hybridized carbons (Fsp3) is 0.195. The van der Waals surface area contributed by atoms with Crippen molar-refractivity contribution in [2.24, 2.45) is 0 Å². The molecule has 10 aromatic carbocycles. The number of nitrogens with zero attached hydrogens (tertiary/aromatic N) is 3. The Bertz CT molecular complexity index is 4430. The molecule has 85 heavy (non-hydrogen) atoms. The van der Waals surface area contributed by atoms with E-state index in [1.54, 1.807) is 0 Å². The Balaban J connectivity index is 1.01. The molecule has 0 aromatic heterocycles. The Hall–Kier alpha value is -9.18. The highest BCUT2D eigenvalue weighted by atomic mass is 15.2. The fourth-order valence-corrected chi connectivity index (χ4v) is 14.6. The van der Waals surface area contributed by atoms with Gasteiger partial charge in [-0.15, -0.1) is 0 Å². The molecule has 3 aliphatic rings. The van der Waals surface area contributed by atoms with Crippen molar-refractivity contribution in [1.82, 2.24) is 0 Å². The van der Waals surface area contributed by atoms with E-state index in [1.807, 2.05) is 0 Å². The van der Waals surface area contributed by atoms with E-state index < -0.39 is 5.41 Å². The summed E-state index contributed by atoms with van der Waals surface area (Å²) < 4.78 is 0. The minimum Gasteiger partial charge on any atom is -0.311 e. The third kappa shape index (κ3) is 8.52. The fourth-order valence-electron chi connectivity index (χ4n) is 14.6. The molecule has 0 bridgehead atoms. The number of aryl methyl sites for hydroxylation is 4.